The van der Waals surface area contributed by atoms with Gasteiger partial charge in [-0.15, -0.1) is 0 Å². The van der Waals surface area contributed by atoms with Crippen molar-refractivity contribution in [3.63, 3.8) is 0 Å². The highest BCUT2D eigenvalue weighted by atomic mass is 32.1. The summed E-state index contributed by atoms with van der Waals surface area (Å²) < 4.78 is 5.31. The summed E-state index contributed by atoms with van der Waals surface area (Å²) in [6, 6.07) is 8.96. The van der Waals surface area contributed by atoms with E-state index < -0.39 is 0 Å². The third-order valence-corrected chi connectivity index (χ3v) is 3.77. The molecule has 0 aromatic heterocycles. The lowest BCUT2D eigenvalue weighted by Crippen LogP contribution is -2.48. The highest BCUT2D eigenvalue weighted by molar-refractivity contribution is 7.80. The molecule has 0 unspecified atom stereocenters. The van der Waals surface area contributed by atoms with Crippen molar-refractivity contribution in [3.05, 3.63) is 35.4 Å². The van der Waals surface area contributed by atoms with Crippen LogP contribution in [0, 0.1) is 0 Å². The lowest BCUT2D eigenvalue weighted by Gasteiger charge is -2.40. The molecule has 1 nitrogen and oxygen atoms in total. The summed E-state index contributed by atoms with van der Waals surface area (Å²) in [7, 11) is 0. The van der Waals surface area contributed by atoms with Crippen molar-refractivity contribution < 1.29 is 4.74 Å². The van der Waals surface area contributed by atoms with Crippen LogP contribution in [0.2, 0.25) is 0 Å². The highest BCUT2D eigenvalue weighted by Crippen LogP contribution is 2.33. The second kappa shape index (κ2) is 4.58. The van der Waals surface area contributed by atoms with Gasteiger partial charge in [0.05, 0.1) is 18.6 Å². The van der Waals surface area contributed by atoms with Crippen molar-refractivity contribution in [3.8, 4) is 0 Å². The predicted molar refractivity (Wildman–Crippen MR) is 66.8 cm³/mol. The molecule has 0 spiro atoms. The Balaban J connectivity index is 2.15. The number of hydrogen-bond acceptors (Lipinski definition) is 2. The average Bonchev–Trinajstić information content (AvgIpc) is 2.20. The Morgan fingerprint density at radius 3 is 2.33 bits per heavy atom. The monoisotopic (exact) mass is 222 g/mol. The average molecular weight is 222 g/mol. The van der Waals surface area contributed by atoms with Gasteiger partial charge in [0.1, 0.15) is 0 Å². The van der Waals surface area contributed by atoms with Crippen LogP contribution in [-0.2, 0) is 16.6 Å². The van der Waals surface area contributed by atoms with Gasteiger partial charge >= 0.3 is 0 Å². The molecule has 2 rings (SSSR count). The molecule has 2 heteroatoms. The summed E-state index contributed by atoms with van der Waals surface area (Å²) in [5, 5.41) is 0. The van der Waals surface area contributed by atoms with Crippen molar-refractivity contribution in [1.82, 2.24) is 0 Å². The molecular formula is C13H18OS. The van der Waals surface area contributed by atoms with E-state index in [9.17, 15) is 0 Å². The molecule has 0 aliphatic carbocycles. The zero-order valence-electron chi connectivity index (χ0n) is 9.20. The van der Waals surface area contributed by atoms with E-state index in [0.29, 0.717) is 0 Å². The first-order valence-corrected chi connectivity index (χ1v) is 6.22. The van der Waals surface area contributed by atoms with Crippen molar-refractivity contribution in [1.29, 1.82) is 0 Å². The van der Waals surface area contributed by atoms with Gasteiger partial charge in [-0.25, -0.2) is 0 Å². The van der Waals surface area contributed by atoms with Crippen molar-refractivity contribution in [2.45, 2.75) is 25.2 Å². The third kappa shape index (κ3) is 2.06. The number of thiol groups is 1. The Kier molecular flexibility index (Phi) is 3.37. The molecule has 1 fully saturated rings. The van der Waals surface area contributed by atoms with Crippen LogP contribution in [0.4, 0.5) is 0 Å². The fourth-order valence-electron chi connectivity index (χ4n) is 2.01. The van der Waals surface area contributed by atoms with E-state index in [2.05, 4.69) is 43.8 Å². The maximum atomic E-state index is 5.31. The number of hydrogen-bond donors (Lipinski definition) is 1. The summed E-state index contributed by atoms with van der Waals surface area (Å²) in [6.45, 7) is 3.86. The van der Waals surface area contributed by atoms with Crippen LogP contribution < -0.4 is 0 Å². The molecule has 1 aromatic carbocycles. The molecule has 0 N–H and O–H groups in total. The van der Waals surface area contributed by atoms with Crippen LogP contribution in [0.25, 0.3) is 0 Å². The molecule has 1 aliphatic rings. The standard InChI is InChI=1S/C13H18OS/c1-2-3-11-4-6-12(7-5-11)13(10-15)8-14-9-13/h4-7,15H,2-3,8-10H2,1H3. The highest BCUT2D eigenvalue weighted by Gasteiger charge is 2.38. The predicted octanol–water partition coefficient (Wildman–Crippen LogP) is 2.84. The van der Waals surface area contributed by atoms with Crippen molar-refractivity contribution in [2.75, 3.05) is 19.0 Å². The Morgan fingerprint density at radius 2 is 1.93 bits per heavy atom. The minimum atomic E-state index is 0.188. The van der Waals surface area contributed by atoms with Gasteiger partial charge in [0, 0.05) is 5.75 Å². The van der Waals surface area contributed by atoms with Gasteiger partial charge in [-0.1, -0.05) is 37.6 Å². The van der Waals surface area contributed by atoms with Crippen LogP contribution in [0.1, 0.15) is 24.5 Å². The zero-order chi connectivity index (χ0) is 10.7. The molecule has 0 atom stereocenters. The topological polar surface area (TPSA) is 9.23 Å². The van der Waals surface area contributed by atoms with E-state index in [1.807, 2.05) is 0 Å². The third-order valence-electron chi connectivity index (χ3n) is 3.16. The SMILES string of the molecule is CCCc1ccc(C2(CS)COC2)cc1. The maximum Gasteiger partial charge on any atom is 0.0593 e. The van der Waals surface area contributed by atoms with Crippen molar-refractivity contribution in [2.24, 2.45) is 0 Å². The number of ether oxygens (including phenoxy) is 1. The molecule has 0 saturated carbocycles. The van der Waals surface area contributed by atoms with E-state index in [0.717, 1.165) is 19.0 Å². The smallest absolute Gasteiger partial charge is 0.0593 e. The number of aryl methyl sites for hydroxylation is 1. The molecule has 1 aromatic rings. The summed E-state index contributed by atoms with van der Waals surface area (Å²) >= 11 is 4.43. The summed E-state index contributed by atoms with van der Waals surface area (Å²) in [4.78, 5) is 0. The van der Waals surface area contributed by atoms with Crippen LogP contribution in [0.3, 0.4) is 0 Å². The van der Waals surface area contributed by atoms with Gasteiger partial charge in [0.15, 0.2) is 0 Å². The zero-order valence-corrected chi connectivity index (χ0v) is 10.1. The van der Waals surface area contributed by atoms with Gasteiger partial charge < -0.3 is 4.74 Å². The fourth-order valence-corrected chi connectivity index (χ4v) is 2.38. The molecular weight excluding hydrogens is 204 g/mol. The minimum absolute atomic E-state index is 0.188. The molecule has 1 aliphatic heterocycles. The first kappa shape index (κ1) is 11.0. The van der Waals surface area contributed by atoms with Crippen LogP contribution >= 0.6 is 12.6 Å². The van der Waals surface area contributed by atoms with E-state index in [1.165, 1.54) is 24.0 Å². The normalized spacial score (nSPS) is 18.5. The number of benzene rings is 1. The Hall–Kier alpha value is -0.470. The van der Waals surface area contributed by atoms with E-state index in [-0.39, 0.29) is 5.41 Å². The molecule has 15 heavy (non-hydrogen) atoms. The van der Waals surface area contributed by atoms with Gasteiger partial charge in [0.25, 0.3) is 0 Å². The molecule has 1 saturated heterocycles. The largest absolute Gasteiger partial charge is 0.379 e. The van der Waals surface area contributed by atoms with Crippen LogP contribution in [0.5, 0.6) is 0 Å². The summed E-state index contributed by atoms with van der Waals surface area (Å²) in [5.74, 6) is 0.875. The van der Waals surface area contributed by atoms with Crippen LogP contribution in [-0.4, -0.2) is 19.0 Å². The first-order chi connectivity index (χ1) is 7.30. The van der Waals surface area contributed by atoms with Crippen molar-refractivity contribution >= 4 is 12.6 Å². The van der Waals surface area contributed by atoms with Gasteiger partial charge in [-0.2, -0.15) is 12.6 Å². The van der Waals surface area contributed by atoms with E-state index in [1.54, 1.807) is 0 Å². The minimum Gasteiger partial charge on any atom is -0.379 e. The van der Waals surface area contributed by atoms with E-state index >= 15 is 0 Å². The number of rotatable bonds is 4. The Labute approximate surface area is 97.2 Å². The molecule has 0 amide bonds. The maximum absolute atomic E-state index is 5.31. The fraction of sp³-hybridized carbons (Fsp3) is 0.538. The van der Waals surface area contributed by atoms with E-state index in [4.69, 9.17) is 4.74 Å². The van der Waals surface area contributed by atoms with Crippen LogP contribution in [0.15, 0.2) is 24.3 Å². The second-order valence-corrected chi connectivity index (χ2v) is 4.69. The second-order valence-electron chi connectivity index (χ2n) is 4.38. The Bertz CT molecular complexity index is 308. The Morgan fingerprint density at radius 1 is 1.27 bits per heavy atom. The molecule has 82 valence electrons. The first-order valence-electron chi connectivity index (χ1n) is 5.59. The van der Waals surface area contributed by atoms with Gasteiger partial charge in [-0.05, 0) is 17.5 Å². The summed E-state index contributed by atoms with van der Waals surface area (Å²) in [5.41, 5.74) is 2.99. The lowest BCUT2D eigenvalue weighted by atomic mass is 9.80. The van der Waals surface area contributed by atoms with Gasteiger partial charge in [0.2, 0.25) is 0 Å². The van der Waals surface area contributed by atoms with Gasteiger partial charge in [-0.3, -0.25) is 0 Å². The quantitative estimate of drug-likeness (QED) is 0.771. The lowest BCUT2D eigenvalue weighted by molar-refractivity contribution is -0.0470. The molecule has 1 heterocycles. The molecule has 0 radical (unpaired) electrons. The summed E-state index contributed by atoms with van der Waals surface area (Å²) in [6.07, 6.45) is 2.38. The molecule has 0 bridgehead atoms.